The van der Waals surface area contributed by atoms with E-state index in [1.807, 2.05) is 24.3 Å². The maximum absolute atomic E-state index is 14.3. The third kappa shape index (κ3) is 3.35. The van der Waals surface area contributed by atoms with Crippen LogP contribution < -0.4 is 5.32 Å². The standard InChI is InChI=1S/C20H16FN5O/c21-17-5-1-2-6-18(17)26-20(25-11-3-4-12-25)16(14-24-26)19(27)23-13-15-7-9-22-10-8-15/h1-12,14H,13H2,(H,23,27). The minimum Gasteiger partial charge on any atom is -0.348 e. The number of carbonyl (C=O) groups is 1. The molecule has 0 unspecified atom stereocenters. The molecule has 4 rings (SSSR count). The van der Waals surface area contributed by atoms with Gasteiger partial charge in [0, 0.05) is 31.3 Å². The monoisotopic (exact) mass is 361 g/mol. The van der Waals surface area contributed by atoms with Gasteiger partial charge in [-0.2, -0.15) is 5.10 Å². The molecule has 0 saturated carbocycles. The summed E-state index contributed by atoms with van der Waals surface area (Å²) in [4.78, 5) is 16.7. The van der Waals surface area contributed by atoms with E-state index >= 15 is 0 Å². The van der Waals surface area contributed by atoms with Crippen LogP contribution in [0.1, 0.15) is 15.9 Å². The summed E-state index contributed by atoms with van der Waals surface area (Å²) in [5, 5.41) is 7.13. The highest BCUT2D eigenvalue weighted by molar-refractivity contribution is 5.97. The molecule has 1 amide bonds. The number of rotatable bonds is 5. The van der Waals surface area contributed by atoms with E-state index in [9.17, 15) is 9.18 Å². The van der Waals surface area contributed by atoms with Gasteiger partial charge in [-0.05, 0) is 42.0 Å². The second-order valence-corrected chi connectivity index (χ2v) is 5.87. The van der Waals surface area contributed by atoms with Crippen molar-refractivity contribution in [3.63, 3.8) is 0 Å². The van der Waals surface area contributed by atoms with E-state index in [0.29, 0.717) is 17.9 Å². The molecule has 6 nitrogen and oxygen atoms in total. The third-order valence-electron chi connectivity index (χ3n) is 4.12. The zero-order valence-electron chi connectivity index (χ0n) is 14.3. The second kappa shape index (κ2) is 7.25. The van der Waals surface area contributed by atoms with Gasteiger partial charge in [0.2, 0.25) is 0 Å². The molecule has 1 aromatic carbocycles. The molecule has 0 atom stereocenters. The maximum atomic E-state index is 14.3. The molecule has 134 valence electrons. The summed E-state index contributed by atoms with van der Waals surface area (Å²) in [7, 11) is 0. The lowest BCUT2D eigenvalue weighted by Crippen LogP contribution is -2.24. The first-order valence-electron chi connectivity index (χ1n) is 8.37. The van der Waals surface area contributed by atoms with Crippen molar-refractivity contribution in [3.8, 4) is 11.5 Å². The van der Waals surface area contributed by atoms with E-state index in [1.54, 1.807) is 47.6 Å². The summed E-state index contributed by atoms with van der Waals surface area (Å²) < 4.78 is 17.5. The minimum atomic E-state index is -0.419. The van der Waals surface area contributed by atoms with Crippen molar-refractivity contribution in [3.05, 3.63) is 96.5 Å². The van der Waals surface area contributed by atoms with Gasteiger partial charge in [0.25, 0.3) is 5.91 Å². The first kappa shape index (κ1) is 16.7. The average molecular weight is 361 g/mol. The summed E-state index contributed by atoms with van der Waals surface area (Å²) >= 11 is 0. The number of nitrogens with one attached hydrogen (secondary N) is 1. The van der Waals surface area contributed by atoms with Gasteiger partial charge in [0.15, 0.2) is 5.82 Å². The van der Waals surface area contributed by atoms with E-state index in [-0.39, 0.29) is 11.6 Å². The van der Waals surface area contributed by atoms with Gasteiger partial charge < -0.3 is 9.88 Å². The number of benzene rings is 1. The Hall–Kier alpha value is -3.74. The molecule has 3 aromatic heterocycles. The number of hydrogen-bond acceptors (Lipinski definition) is 3. The van der Waals surface area contributed by atoms with Gasteiger partial charge in [-0.15, -0.1) is 0 Å². The van der Waals surface area contributed by atoms with Gasteiger partial charge in [0.05, 0.1) is 6.20 Å². The number of pyridine rings is 1. The largest absolute Gasteiger partial charge is 0.348 e. The number of halogens is 1. The smallest absolute Gasteiger partial charge is 0.256 e. The molecule has 0 saturated heterocycles. The molecule has 0 aliphatic carbocycles. The lowest BCUT2D eigenvalue weighted by Gasteiger charge is -2.12. The van der Waals surface area contributed by atoms with Crippen LogP contribution in [0.4, 0.5) is 4.39 Å². The lowest BCUT2D eigenvalue weighted by molar-refractivity contribution is 0.0951. The van der Waals surface area contributed by atoms with Crippen molar-refractivity contribution in [1.29, 1.82) is 0 Å². The van der Waals surface area contributed by atoms with E-state index in [4.69, 9.17) is 0 Å². The highest BCUT2D eigenvalue weighted by Gasteiger charge is 2.21. The van der Waals surface area contributed by atoms with Crippen LogP contribution in [-0.2, 0) is 6.54 Å². The zero-order valence-corrected chi connectivity index (χ0v) is 14.3. The number of amides is 1. The number of para-hydroxylation sites is 1. The van der Waals surface area contributed by atoms with Crippen molar-refractivity contribution in [2.45, 2.75) is 6.54 Å². The molecule has 0 aliphatic rings. The third-order valence-corrected chi connectivity index (χ3v) is 4.12. The summed E-state index contributed by atoms with van der Waals surface area (Å²) in [6.45, 7) is 0.358. The summed E-state index contributed by atoms with van der Waals surface area (Å²) in [5.41, 5.74) is 1.56. The topological polar surface area (TPSA) is 64.7 Å². The van der Waals surface area contributed by atoms with Crippen LogP contribution in [0.15, 0.2) is 79.5 Å². The summed E-state index contributed by atoms with van der Waals surface area (Å²) in [6, 6.07) is 13.6. The molecule has 3 heterocycles. The van der Waals surface area contributed by atoms with E-state index in [0.717, 1.165) is 5.56 Å². The Balaban J connectivity index is 1.71. The van der Waals surface area contributed by atoms with E-state index in [2.05, 4.69) is 15.4 Å². The van der Waals surface area contributed by atoms with Crippen LogP contribution in [0.25, 0.3) is 11.5 Å². The van der Waals surface area contributed by atoms with E-state index in [1.165, 1.54) is 16.9 Å². The number of aromatic nitrogens is 4. The quantitative estimate of drug-likeness (QED) is 0.594. The fraction of sp³-hybridized carbons (Fsp3) is 0.0500. The van der Waals surface area contributed by atoms with Crippen LogP contribution in [0.2, 0.25) is 0 Å². The average Bonchev–Trinajstić information content (AvgIpc) is 3.36. The van der Waals surface area contributed by atoms with Crippen molar-refractivity contribution in [1.82, 2.24) is 24.6 Å². The van der Waals surface area contributed by atoms with Crippen LogP contribution >= 0.6 is 0 Å². The summed E-state index contributed by atoms with van der Waals surface area (Å²) in [5.74, 6) is -0.242. The number of hydrogen-bond donors (Lipinski definition) is 1. The molecule has 0 radical (unpaired) electrons. The van der Waals surface area contributed by atoms with Gasteiger partial charge >= 0.3 is 0 Å². The number of carbonyl (C=O) groups excluding carboxylic acids is 1. The fourth-order valence-electron chi connectivity index (χ4n) is 2.80. The Morgan fingerprint density at radius 2 is 1.78 bits per heavy atom. The predicted molar refractivity (Wildman–Crippen MR) is 98.3 cm³/mol. The fourth-order valence-corrected chi connectivity index (χ4v) is 2.80. The zero-order chi connectivity index (χ0) is 18.6. The van der Waals surface area contributed by atoms with Crippen molar-refractivity contribution < 1.29 is 9.18 Å². The first-order valence-corrected chi connectivity index (χ1v) is 8.37. The van der Waals surface area contributed by atoms with Crippen molar-refractivity contribution >= 4 is 5.91 Å². The lowest BCUT2D eigenvalue weighted by atomic mass is 10.2. The highest BCUT2D eigenvalue weighted by Crippen LogP contribution is 2.21. The van der Waals surface area contributed by atoms with Crippen molar-refractivity contribution in [2.24, 2.45) is 0 Å². The van der Waals surface area contributed by atoms with Gasteiger partial charge in [-0.1, -0.05) is 12.1 Å². The molecule has 7 heteroatoms. The minimum absolute atomic E-state index is 0.273. The van der Waals surface area contributed by atoms with Gasteiger partial charge in [-0.3, -0.25) is 9.78 Å². The molecule has 4 aromatic rings. The molecule has 1 N–H and O–H groups in total. The maximum Gasteiger partial charge on any atom is 0.256 e. The number of nitrogens with zero attached hydrogens (tertiary/aromatic N) is 4. The SMILES string of the molecule is O=C(NCc1ccncc1)c1cnn(-c2ccccc2F)c1-n1cccc1. The Morgan fingerprint density at radius 3 is 2.52 bits per heavy atom. The normalized spacial score (nSPS) is 10.7. The van der Waals surface area contributed by atoms with E-state index < -0.39 is 5.82 Å². The molecular formula is C20H16FN5O. The van der Waals surface area contributed by atoms with Crippen LogP contribution in [-0.4, -0.2) is 25.2 Å². The molecule has 0 fully saturated rings. The van der Waals surface area contributed by atoms with Crippen LogP contribution in [0, 0.1) is 5.82 Å². The molecule has 27 heavy (non-hydrogen) atoms. The van der Waals surface area contributed by atoms with Crippen LogP contribution in [0.5, 0.6) is 0 Å². The Labute approximate surface area is 154 Å². The summed E-state index contributed by atoms with van der Waals surface area (Å²) in [6.07, 6.45) is 8.36. The van der Waals surface area contributed by atoms with Crippen LogP contribution in [0.3, 0.4) is 0 Å². The van der Waals surface area contributed by atoms with Gasteiger partial charge in [-0.25, -0.2) is 9.07 Å². The Kier molecular flexibility index (Phi) is 4.49. The highest BCUT2D eigenvalue weighted by atomic mass is 19.1. The second-order valence-electron chi connectivity index (χ2n) is 5.87. The van der Waals surface area contributed by atoms with Gasteiger partial charge in [0.1, 0.15) is 17.1 Å². The molecular weight excluding hydrogens is 345 g/mol. The first-order chi connectivity index (χ1) is 13.2. The van der Waals surface area contributed by atoms with Crippen molar-refractivity contribution in [2.75, 3.05) is 0 Å². The Bertz CT molecular complexity index is 1060. The molecule has 0 spiro atoms. The molecule has 0 bridgehead atoms. The molecule has 0 aliphatic heterocycles. The Morgan fingerprint density at radius 1 is 1.04 bits per heavy atom. The predicted octanol–water partition coefficient (Wildman–Crippen LogP) is 3.13.